The highest BCUT2D eigenvalue weighted by Gasteiger charge is 2.20. The van der Waals surface area contributed by atoms with E-state index < -0.39 is 0 Å². The van der Waals surface area contributed by atoms with Crippen molar-refractivity contribution in [3.8, 4) is 22.3 Å². The minimum Gasteiger partial charge on any atom is -0.292 e. The molecule has 0 aliphatic carbocycles. The van der Waals surface area contributed by atoms with Crippen molar-refractivity contribution in [2.45, 2.75) is 0 Å². The van der Waals surface area contributed by atoms with E-state index in [-0.39, 0.29) is 0 Å². The van der Waals surface area contributed by atoms with Gasteiger partial charge >= 0.3 is 0 Å². The molecule has 2 heteroatoms. The number of fused-ring (bicyclic) bond motifs is 13. The molecule has 0 amide bonds. The van der Waals surface area contributed by atoms with Crippen molar-refractivity contribution in [3.63, 3.8) is 0 Å². The number of rotatable bonds is 2. The van der Waals surface area contributed by atoms with Gasteiger partial charge in [-0.25, -0.2) is 4.98 Å². The van der Waals surface area contributed by atoms with Crippen LogP contribution >= 0.6 is 0 Å². The van der Waals surface area contributed by atoms with E-state index in [9.17, 15) is 0 Å². The zero-order valence-electron chi connectivity index (χ0n) is 26.6. The van der Waals surface area contributed by atoms with Crippen LogP contribution in [0.15, 0.2) is 170 Å². The van der Waals surface area contributed by atoms with E-state index in [1.165, 1.54) is 81.5 Å². The average molecular weight is 621 g/mol. The van der Waals surface area contributed by atoms with Crippen LogP contribution in [-0.2, 0) is 0 Å². The van der Waals surface area contributed by atoms with Gasteiger partial charge in [0.05, 0.1) is 16.6 Å². The summed E-state index contributed by atoms with van der Waals surface area (Å²) in [5.74, 6) is 0. The molecule has 0 atom stereocenters. The van der Waals surface area contributed by atoms with E-state index in [1.54, 1.807) is 0 Å². The maximum absolute atomic E-state index is 5.24. The highest BCUT2D eigenvalue weighted by molar-refractivity contribution is 6.26. The molecule has 0 saturated heterocycles. The second-order valence-corrected chi connectivity index (χ2v) is 13.1. The fourth-order valence-corrected chi connectivity index (χ4v) is 8.46. The lowest BCUT2D eigenvalue weighted by atomic mass is 9.84. The number of benzene rings is 9. The van der Waals surface area contributed by atoms with Crippen molar-refractivity contribution in [2.24, 2.45) is 0 Å². The van der Waals surface area contributed by atoms with Crippen molar-refractivity contribution >= 4 is 81.4 Å². The van der Waals surface area contributed by atoms with Crippen molar-refractivity contribution in [2.75, 3.05) is 0 Å². The lowest BCUT2D eigenvalue weighted by molar-refractivity contribution is 1.32. The Labute approximate surface area is 282 Å². The molecule has 49 heavy (non-hydrogen) atoms. The van der Waals surface area contributed by atoms with Crippen LogP contribution in [0.3, 0.4) is 0 Å². The summed E-state index contributed by atoms with van der Waals surface area (Å²) in [7, 11) is 0. The van der Waals surface area contributed by atoms with E-state index in [0.717, 1.165) is 22.2 Å². The topological polar surface area (TPSA) is 17.3 Å². The van der Waals surface area contributed by atoms with Gasteiger partial charge in [0.1, 0.15) is 5.65 Å². The third kappa shape index (κ3) is 3.69. The number of imidazole rings is 1. The molecular formula is C47H28N2. The minimum atomic E-state index is 0.993. The van der Waals surface area contributed by atoms with Crippen LogP contribution < -0.4 is 0 Å². The lowest BCUT2D eigenvalue weighted by Gasteiger charge is -2.19. The third-order valence-electron chi connectivity index (χ3n) is 10.5. The highest BCUT2D eigenvalue weighted by Crippen LogP contribution is 2.46. The van der Waals surface area contributed by atoms with Gasteiger partial charge in [0, 0.05) is 16.2 Å². The molecule has 0 bridgehead atoms. The first-order valence-corrected chi connectivity index (χ1v) is 16.9. The van der Waals surface area contributed by atoms with E-state index in [2.05, 4.69) is 174 Å². The molecule has 0 saturated carbocycles. The molecule has 0 fully saturated rings. The Morgan fingerprint density at radius 2 is 0.939 bits per heavy atom. The number of pyridine rings is 1. The standard InChI is InChI=1S/C47H28N2/c1-3-15-32-29(12-1)14-11-21-34(32)46-37-19-7-5-17-35(37)44(36-18-6-8-20-38(36)46)31-25-26-39-43(28-31)49-42-23-10-9-22-41(42)48-47(49)40-27-24-30-13-2-4-16-33(30)45(39)40/h1-28H. The number of aromatic nitrogens is 2. The first kappa shape index (κ1) is 26.5. The van der Waals surface area contributed by atoms with Crippen LogP contribution in [-0.4, -0.2) is 9.38 Å². The van der Waals surface area contributed by atoms with E-state index >= 15 is 0 Å². The molecule has 0 aliphatic rings. The molecule has 11 aromatic rings. The Bertz CT molecular complexity index is 3100. The molecular weight excluding hydrogens is 593 g/mol. The summed E-state index contributed by atoms with van der Waals surface area (Å²) in [5.41, 5.74) is 9.29. The molecule has 0 aliphatic heterocycles. The van der Waals surface area contributed by atoms with Crippen molar-refractivity contribution in [1.29, 1.82) is 0 Å². The Morgan fingerprint density at radius 3 is 1.69 bits per heavy atom. The molecule has 0 N–H and O–H groups in total. The molecule has 11 rings (SSSR count). The summed E-state index contributed by atoms with van der Waals surface area (Å²) in [6.07, 6.45) is 0. The van der Waals surface area contributed by atoms with Crippen LogP contribution in [0.1, 0.15) is 0 Å². The van der Waals surface area contributed by atoms with Gasteiger partial charge in [0.25, 0.3) is 0 Å². The number of nitrogens with zero attached hydrogens (tertiary/aromatic N) is 2. The summed E-state index contributed by atoms with van der Waals surface area (Å²) >= 11 is 0. The second kappa shape index (κ2) is 10.00. The van der Waals surface area contributed by atoms with Gasteiger partial charge in [-0.3, -0.25) is 4.40 Å². The normalized spacial score (nSPS) is 12.1. The largest absolute Gasteiger partial charge is 0.292 e. The summed E-state index contributed by atoms with van der Waals surface area (Å²) in [5, 5.41) is 13.7. The minimum absolute atomic E-state index is 0.993. The molecule has 226 valence electrons. The molecule has 2 aromatic heterocycles. The summed E-state index contributed by atoms with van der Waals surface area (Å²) in [4.78, 5) is 5.24. The molecule has 9 aromatic carbocycles. The third-order valence-corrected chi connectivity index (χ3v) is 10.5. The van der Waals surface area contributed by atoms with Crippen LogP contribution in [0.4, 0.5) is 0 Å². The van der Waals surface area contributed by atoms with Gasteiger partial charge in [0.15, 0.2) is 0 Å². The zero-order valence-corrected chi connectivity index (χ0v) is 26.6. The van der Waals surface area contributed by atoms with Gasteiger partial charge in [0.2, 0.25) is 0 Å². The lowest BCUT2D eigenvalue weighted by Crippen LogP contribution is -1.95. The maximum Gasteiger partial charge on any atom is 0.146 e. The Balaban J connectivity index is 1.31. The maximum atomic E-state index is 5.24. The molecule has 0 unspecified atom stereocenters. The summed E-state index contributed by atoms with van der Waals surface area (Å²) in [6.45, 7) is 0. The SMILES string of the molecule is c1ccc2c(-c3c4ccccc4c(-c4ccc5c6c7ccccc7ccc6c6nc7ccccc7n6c5c4)c4ccccc34)cccc2c1. The fraction of sp³-hybridized carbons (Fsp3) is 0. The van der Waals surface area contributed by atoms with Crippen LogP contribution in [0.2, 0.25) is 0 Å². The predicted octanol–water partition coefficient (Wildman–Crippen LogP) is 12.7. The number of hydrogen-bond acceptors (Lipinski definition) is 1. The number of para-hydroxylation sites is 2. The first-order chi connectivity index (χ1) is 24.3. The van der Waals surface area contributed by atoms with Crippen LogP contribution in [0, 0.1) is 0 Å². The van der Waals surface area contributed by atoms with Gasteiger partial charge in [-0.15, -0.1) is 0 Å². The molecule has 2 heterocycles. The summed E-state index contributed by atoms with van der Waals surface area (Å²) in [6, 6.07) is 62.1. The van der Waals surface area contributed by atoms with Gasteiger partial charge in [-0.05, 0) is 89.6 Å². The van der Waals surface area contributed by atoms with Gasteiger partial charge in [-0.1, -0.05) is 146 Å². The van der Waals surface area contributed by atoms with E-state index in [4.69, 9.17) is 4.98 Å². The smallest absolute Gasteiger partial charge is 0.146 e. The average Bonchev–Trinajstić information content (AvgIpc) is 3.57. The van der Waals surface area contributed by atoms with Crippen LogP contribution in [0.25, 0.3) is 104 Å². The van der Waals surface area contributed by atoms with Crippen LogP contribution in [0.5, 0.6) is 0 Å². The Kier molecular flexibility index (Phi) is 5.42. The number of hydrogen-bond donors (Lipinski definition) is 0. The highest BCUT2D eigenvalue weighted by atomic mass is 15.0. The van der Waals surface area contributed by atoms with Crippen molar-refractivity contribution in [1.82, 2.24) is 9.38 Å². The fourth-order valence-electron chi connectivity index (χ4n) is 8.46. The zero-order chi connectivity index (χ0) is 32.1. The van der Waals surface area contributed by atoms with E-state index in [0.29, 0.717) is 0 Å². The van der Waals surface area contributed by atoms with Gasteiger partial charge < -0.3 is 0 Å². The molecule has 0 radical (unpaired) electrons. The second-order valence-electron chi connectivity index (χ2n) is 13.1. The van der Waals surface area contributed by atoms with Crippen molar-refractivity contribution in [3.05, 3.63) is 170 Å². The Hall–Kier alpha value is -6.51. The first-order valence-electron chi connectivity index (χ1n) is 16.9. The molecule has 2 nitrogen and oxygen atoms in total. The molecule has 0 spiro atoms. The summed E-state index contributed by atoms with van der Waals surface area (Å²) < 4.78 is 2.38. The van der Waals surface area contributed by atoms with Crippen molar-refractivity contribution < 1.29 is 0 Å². The predicted molar refractivity (Wildman–Crippen MR) is 209 cm³/mol. The Morgan fingerprint density at radius 1 is 0.367 bits per heavy atom. The quantitative estimate of drug-likeness (QED) is 0.139. The van der Waals surface area contributed by atoms with Gasteiger partial charge in [-0.2, -0.15) is 0 Å². The van der Waals surface area contributed by atoms with E-state index in [1.807, 2.05) is 0 Å². The monoisotopic (exact) mass is 620 g/mol.